The highest BCUT2D eigenvalue weighted by molar-refractivity contribution is 7.98. The first-order valence-corrected chi connectivity index (χ1v) is 7.42. The van der Waals surface area contributed by atoms with Gasteiger partial charge in [0, 0.05) is 24.4 Å². The summed E-state index contributed by atoms with van der Waals surface area (Å²) in [5, 5.41) is 11.1. The molecule has 6 heteroatoms. The molecule has 0 atom stereocenters. The van der Waals surface area contributed by atoms with Crippen molar-refractivity contribution in [1.29, 1.82) is 0 Å². The molecule has 0 aliphatic rings. The Bertz CT molecular complexity index is 674. The van der Waals surface area contributed by atoms with Crippen LogP contribution in [0.2, 0.25) is 0 Å². The second kappa shape index (κ2) is 6.41. The first-order valence-electron chi connectivity index (χ1n) is 6.20. The van der Waals surface area contributed by atoms with E-state index in [0.717, 1.165) is 5.69 Å². The van der Waals surface area contributed by atoms with Crippen LogP contribution in [0.4, 0.5) is 11.4 Å². The van der Waals surface area contributed by atoms with Gasteiger partial charge in [0.1, 0.15) is 0 Å². The molecular formula is C15H14N2O3S. The van der Waals surface area contributed by atoms with Gasteiger partial charge in [0.2, 0.25) is 0 Å². The summed E-state index contributed by atoms with van der Waals surface area (Å²) in [5.41, 5.74) is 0.986. The topological polar surface area (TPSA) is 63.5 Å². The lowest BCUT2D eigenvalue weighted by Gasteiger charge is -2.17. The van der Waals surface area contributed by atoms with Crippen molar-refractivity contribution in [2.24, 2.45) is 0 Å². The number of hydrogen-bond acceptors (Lipinski definition) is 4. The minimum Gasteiger partial charge on any atom is -0.311 e. The zero-order valence-electron chi connectivity index (χ0n) is 11.6. The largest absolute Gasteiger partial charge is 0.311 e. The summed E-state index contributed by atoms with van der Waals surface area (Å²) in [5.74, 6) is -0.281. The number of thioether (sulfide) groups is 1. The average molecular weight is 302 g/mol. The van der Waals surface area contributed by atoms with Crippen LogP contribution in [0.3, 0.4) is 0 Å². The summed E-state index contributed by atoms with van der Waals surface area (Å²) >= 11 is 1.28. The van der Waals surface area contributed by atoms with Crippen LogP contribution in [0.1, 0.15) is 10.4 Å². The second-order valence-electron chi connectivity index (χ2n) is 4.34. The molecule has 0 heterocycles. The molecule has 0 spiro atoms. The van der Waals surface area contributed by atoms with E-state index in [0.29, 0.717) is 10.5 Å². The Morgan fingerprint density at radius 1 is 1.19 bits per heavy atom. The standard InChI is InChI=1S/C15H14N2O3S/c1-16(12-6-4-3-5-7-12)15(18)11-8-9-14(21-2)13(10-11)17(19)20/h3-10H,1-2H3. The highest BCUT2D eigenvalue weighted by Crippen LogP contribution is 2.29. The summed E-state index contributed by atoms with van der Waals surface area (Å²) < 4.78 is 0. The fourth-order valence-corrected chi connectivity index (χ4v) is 2.47. The third kappa shape index (κ3) is 3.22. The summed E-state index contributed by atoms with van der Waals surface area (Å²) in [6.07, 6.45) is 1.76. The molecule has 0 N–H and O–H groups in total. The zero-order valence-corrected chi connectivity index (χ0v) is 12.5. The monoisotopic (exact) mass is 302 g/mol. The molecule has 21 heavy (non-hydrogen) atoms. The number of nitrogens with zero attached hydrogens (tertiary/aromatic N) is 2. The van der Waals surface area contributed by atoms with Crippen LogP contribution in [0, 0.1) is 10.1 Å². The molecule has 2 aromatic rings. The lowest BCUT2D eigenvalue weighted by atomic mass is 10.1. The average Bonchev–Trinajstić information content (AvgIpc) is 2.53. The third-order valence-corrected chi connectivity index (χ3v) is 3.86. The van der Waals surface area contributed by atoms with Crippen LogP contribution < -0.4 is 4.90 Å². The molecule has 2 rings (SSSR count). The predicted octanol–water partition coefficient (Wildman–Crippen LogP) is 3.59. The molecule has 0 unspecified atom stereocenters. The van der Waals surface area contributed by atoms with E-state index in [9.17, 15) is 14.9 Å². The molecular weight excluding hydrogens is 288 g/mol. The normalized spacial score (nSPS) is 10.2. The fraction of sp³-hybridized carbons (Fsp3) is 0.133. The van der Waals surface area contributed by atoms with E-state index in [1.54, 1.807) is 25.4 Å². The number of amides is 1. The predicted molar refractivity (Wildman–Crippen MR) is 84.1 cm³/mol. The number of carbonyl (C=O) groups excluding carboxylic acids is 1. The third-order valence-electron chi connectivity index (χ3n) is 3.07. The molecule has 0 aliphatic heterocycles. The van der Waals surface area contributed by atoms with Crippen LogP contribution in [0.15, 0.2) is 53.4 Å². The number of nitro groups is 1. The first kappa shape index (κ1) is 15.1. The molecule has 0 fully saturated rings. The van der Waals surface area contributed by atoms with Gasteiger partial charge >= 0.3 is 0 Å². The molecule has 0 bridgehead atoms. The fourth-order valence-electron chi connectivity index (χ4n) is 1.93. The Labute approximate surface area is 126 Å². The lowest BCUT2D eigenvalue weighted by molar-refractivity contribution is -0.387. The minimum atomic E-state index is -0.467. The van der Waals surface area contributed by atoms with Crippen LogP contribution in [0.25, 0.3) is 0 Å². The number of hydrogen-bond donors (Lipinski definition) is 0. The van der Waals surface area contributed by atoms with Gasteiger partial charge in [-0.15, -0.1) is 11.8 Å². The van der Waals surface area contributed by atoms with E-state index in [4.69, 9.17) is 0 Å². The van der Waals surface area contributed by atoms with Crippen molar-refractivity contribution in [3.8, 4) is 0 Å². The Kier molecular flexibility index (Phi) is 4.59. The summed E-state index contributed by atoms with van der Waals surface area (Å²) in [4.78, 5) is 25.0. The van der Waals surface area contributed by atoms with Crippen molar-refractivity contribution >= 4 is 29.0 Å². The van der Waals surface area contributed by atoms with E-state index in [1.165, 1.54) is 22.7 Å². The number of carbonyl (C=O) groups is 1. The Morgan fingerprint density at radius 3 is 2.43 bits per heavy atom. The molecule has 0 aliphatic carbocycles. The van der Waals surface area contributed by atoms with Gasteiger partial charge in [0.15, 0.2) is 0 Å². The summed E-state index contributed by atoms with van der Waals surface area (Å²) in [6.45, 7) is 0. The quantitative estimate of drug-likeness (QED) is 0.492. The van der Waals surface area contributed by atoms with Gasteiger partial charge in [-0.25, -0.2) is 0 Å². The zero-order chi connectivity index (χ0) is 15.4. The van der Waals surface area contributed by atoms with Crippen molar-refractivity contribution in [3.63, 3.8) is 0 Å². The van der Waals surface area contributed by atoms with Crippen LogP contribution >= 0.6 is 11.8 Å². The van der Waals surface area contributed by atoms with Crippen molar-refractivity contribution in [2.45, 2.75) is 4.90 Å². The SMILES string of the molecule is CSc1ccc(C(=O)N(C)c2ccccc2)cc1[N+](=O)[O-]. The molecule has 0 aromatic heterocycles. The van der Waals surface area contributed by atoms with Crippen LogP contribution in [-0.2, 0) is 0 Å². The number of anilines is 1. The number of rotatable bonds is 4. The number of benzene rings is 2. The maximum atomic E-state index is 12.4. The highest BCUT2D eigenvalue weighted by Gasteiger charge is 2.19. The van der Waals surface area contributed by atoms with Crippen LogP contribution in [-0.4, -0.2) is 24.1 Å². The molecule has 0 saturated heterocycles. The van der Waals surface area contributed by atoms with E-state index in [2.05, 4.69) is 0 Å². The molecule has 1 amide bonds. The Morgan fingerprint density at radius 2 is 1.86 bits per heavy atom. The maximum absolute atomic E-state index is 12.4. The van der Waals surface area contributed by atoms with E-state index < -0.39 is 4.92 Å². The van der Waals surface area contributed by atoms with E-state index in [-0.39, 0.29) is 11.6 Å². The Hall–Kier alpha value is -2.34. The van der Waals surface area contributed by atoms with Gasteiger partial charge in [0.25, 0.3) is 11.6 Å². The summed E-state index contributed by atoms with van der Waals surface area (Å²) in [6, 6.07) is 13.7. The van der Waals surface area contributed by atoms with Crippen LogP contribution in [0.5, 0.6) is 0 Å². The van der Waals surface area contributed by atoms with E-state index >= 15 is 0 Å². The van der Waals surface area contributed by atoms with Gasteiger partial charge < -0.3 is 4.90 Å². The smallest absolute Gasteiger partial charge is 0.283 e. The highest BCUT2D eigenvalue weighted by atomic mass is 32.2. The van der Waals surface area contributed by atoms with Crippen molar-refractivity contribution in [3.05, 3.63) is 64.2 Å². The number of para-hydroxylation sites is 1. The van der Waals surface area contributed by atoms with Gasteiger partial charge in [-0.2, -0.15) is 0 Å². The van der Waals surface area contributed by atoms with E-state index in [1.807, 2.05) is 30.3 Å². The van der Waals surface area contributed by atoms with Crippen molar-refractivity contribution in [1.82, 2.24) is 0 Å². The van der Waals surface area contributed by atoms with Gasteiger partial charge in [-0.1, -0.05) is 18.2 Å². The molecule has 2 aromatic carbocycles. The van der Waals surface area contributed by atoms with Gasteiger partial charge in [0.05, 0.1) is 9.82 Å². The molecule has 0 radical (unpaired) electrons. The lowest BCUT2D eigenvalue weighted by Crippen LogP contribution is -2.26. The van der Waals surface area contributed by atoms with Gasteiger partial charge in [-0.05, 0) is 30.5 Å². The van der Waals surface area contributed by atoms with Crippen molar-refractivity contribution < 1.29 is 9.72 Å². The molecule has 5 nitrogen and oxygen atoms in total. The van der Waals surface area contributed by atoms with Gasteiger partial charge in [-0.3, -0.25) is 14.9 Å². The molecule has 0 saturated carbocycles. The summed E-state index contributed by atoms with van der Waals surface area (Å²) in [7, 11) is 1.64. The molecule has 108 valence electrons. The maximum Gasteiger partial charge on any atom is 0.283 e. The first-order chi connectivity index (χ1) is 10.0. The second-order valence-corrected chi connectivity index (χ2v) is 5.19. The number of nitro benzene ring substituents is 1. The Balaban J connectivity index is 2.36. The minimum absolute atomic E-state index is 0.0465. The van der Waals surface area contributed by atoms with Crippen molar-refractivity contribution in [2.75, 3.05) is 18.2 Å².